The fourth-order valence-electron chi connectivity index (χ4n) is 3.01. The smallest absolute Gasteiger partial charge is 0.344 e. The number of carbonyl (C=O) groups is 1. The number of hydrogen-bond donors (Lipinski definition) is 4. The average Bonchev–Trinajstić information content (AvgIpc) is 3.19. The van der Waals surface area contributed by atoms with Crippen LogP contribution in [-0.2, 0) is 13.1 Å². The Hall–Kier alpha value is -4.47. The molecule has 4 aromatic rings. The first-order valence-electron chi connectivity index (χ1n) is 9.53. The fraction of sp³-hybridized carbons (Fsp3) is 0.0952. The summed E-state index contributed by atoms with van der Waals surface area (Å²) < 4.78 is 1.83. The Labute approximate surface area is 178 Å². The van der Waals surface area contributed by atoms with Gasteiger partial charge in [0.15, 0.2) is 5.96 Å². The van der Waals surface area contributed by atoms with Crippen LogP contribution >= 0.6 is 0 Å². The molecule has 6 N–H and O–H groups in total. The Balaban J connectivity index is 1.38. The van der Waals surface area contributed by atoms with E-state index in [4.69, 9.17) is 11.5 Å². The summed E-state index contributed by atoms with van der Waals surface area (Å²) in [5.74, 6) is 0.236. The number of fused-ring (bicyclic) bond motifs is 1. The van der Waals surface area contributed by atoms with Crippen LogP contribution in [0.5, 0.6) is 0 Å². The van der Waals surface area contributed by atoms with Crippen LogP contribution < -0.4 is 22.1 Å². The highest BCUT2D eigenvalue weighted by Gasteiger charge is 2.05. The molecule has 10 nitrogen and oxygen atoms in total. The third-order valence-electron chi connectivity index (χ3n) is 4.43. The van der Waals surface area contributed by atoms with E-state index in [0.717, 1.165) is 27.9 Å². The first kappa shape index (κ1) is 19.8. The fourth-order valence-corrected chi connectivity index (χ4v) is 3.01. The molecule has 0 aliphatic rings. The maximum Gasteiger partial charge on any atom is 0.344 e. The topological polar surface area (TPSA) is 149 Å². The first-order chi connectivity index (χ1) is 15.1. The van der Waals surface area contributed by atoms with Gasteiger partial charge < -0.3 is 22.1 Å². The van der Waals surface area contributed by atoms with E-state index in [1.165, 1.54) is 0 Å². The Kier molecular flexibility index (Phi) is 5.70. The van der Waals surface area contributed by atoms with Crippen LogP contribution in [0.25, 0.3) is 16.6 Å². The lowest BCUT2D eigenvalue weighted by atomic mass is 10.1. The SMILES string of the molecule is NC(N)=NC(=O)NCc1cccc(-c2cnc(NCc3cc4ccccn4n3)nc2)c1. The minimum Gasteiger partial charge on any atom is -0.370 e. The van der Waals surface area contributed by atoms with E-state index in [-0.39, 0.29) is 5.96 Å². The number of nitrogens with one attached hydrogen (secondary N) is 2. The van der Waals surface area contributed by atoms with Crippen molar-refractivity contribution in [3.8, 4) is 11.1 Å². The largest absolute Gasteiger partial charge is 0.370 e. The van der Waals surface area contributed by atoms with E-state index in [1.807, 2.05) is 59.2 Å². The minimum atomic E-state index is -0.588. The van der Waals surface area contributed by atoms with Gasteiger partial charge in [-0.3, -0.25) is 0 Å². The van der Waals surface area contributed by atoms with Gasteiger partial charge in [-0.05, 0) is 35.4 Å². The monoisotopic (exact) mass is 415 g/mol. The second-order valence-corrected chi connectivity index (χ2v) is 6.75. The van der Waals surface area contributed by atoms with Gasteiger partial charge in [0.25, 0.3) is 0 Å². The molecule has 3 aromatic heterocycles. The second-order valence-electron chi connectivity index (χ2n) is 6.75. The van der Waals surface area contributed by atoms with Crippen molar-refractivity contribution in [2.24, 2.45) is 16.5 Å². The first-order valence-corrected chi connectivity index (χ1v) is 9.53. The number of nitrogens with two attached hydrogens (primary N) is 2. The predicted octanol–water partition coefficient (Wildman–Crippen LogP) is 1.89. The number of aliphatic imine (C=N–C) groups is 1. The number of guanidine groups is 1. The molecule has 0 saturated carbocycles. The third kappa shape index (κ3) is 5.12. The molecule has 10 heteroatoms. The molecule has 2 amide bonds. The van der Waals surface area contributed by atoms with Crippen molar-refractivity contribution in [3.05, 3.63) is 78.4 Å². The zero-order chi connectivity index (χ0) is 21.6. The van der Waals surface area contributed by atoms with E-state index in [9.17, 15) is 4.79 Å². The number of hydrogen-bond acceptors (Lipinski definition) is 5. The van der Waals surface area contributed by atoms with Gasteiger partial charge in [0, 0.05) is 30.7 Å². The molecule has 0 aliphatic heterocycles. The van der Waals surface area contributed by atoms with Gasteiger partial charge >= 0.3 is 6.03 Å². The lowest BCUT2D eigenvalue weighted by Crippen LogP contribution is -2.28. The van der Waals surface area contributed by atoms with Crippen LogP contribution in [0.2, 0.25) is 0 Å². The third-order valence-corrected chi connectivity index (χ3v) is 4.43. The highest BCUT2D eigenvalue weighted by molar-refractivity contribution is 5.90. The second kappa shape index (κ2) is 8.91. The quantitative estimate of drug-likeness (QED) is 0.277. The highest BCUT2D eigenvalue weighted by atomic mass is 16.2. The molecule has 0 bridgehead atoms. The number of aromatic nitrogens is 4. The molecule has 0 aliphatic carbocycles. The van der Waals surface area contributed by atoms with Crippen molar-refractivity contribution in [3.63, 3.8) is 0 Å². The molecule has 0 radical (unpaired) electrons. The summed E-state index contributed by atoms with van der Waals surface area (Å²) in [7, 11) is 0. The average molecular weight is 415 g/mol. The summed E-state index contributed by atoms with van der Waals surface area (Å²) in [6.45, 7) is 0.814. The summed E-state index contributed by atoms with van der Waals surface area (Å²) in [5, 5.41) is 10.3. The van der Waals surface area contributed by atoms with Crippen LogP contribution in [-0.4, -0.2) is 31.6 Å². The normalized spacial score (nSPS) is 10.6. The van der Waals surface area contributed by atoms with Crippen LogP contribution in [0.3, 0.4) is 0 Å². The number of urea groups is 1. The highest BCUT2D eigenvalue weighted by Crippen LogP contribution is 2.20. The predicted molar refractivity (Wildman–Crippen MR) is 118 cm³/mol. The molecule has 0 saturated heterocycles. The van der Waals surface area contributed by atoms with Crippen LogP contribution in [0, 0.1) is 0 Å². The maximum absolute atomic E-state index is 11.5. The van der Waals surface area contributed by atoms with Gasteiger partial charge in [-0.15, -0.1) is 0 Å². The van der Waals surface area contributed by atoms with E-state index < -0.39 is 6.03 Å². The number of amides is 2. The van der Waals surface area contributed by atoms with Gasteiger partial charge in [0.1, 0.15) is 0 Å². The van der Waals surface area contributed by atoms with Gasteiger partial charge in [-0.25, -0.2) is 19.3 Å². The molecule has 3 heterocycles. The van der Waals surface area contributed by atoms with Crippen molar-refractivity contribution in [1.82, 2.24) is 24.9 Å². The van der Waals surface area contributed by atoms with Crippen LogP contribution in [0.4, 0.5) is 10.7 Å². The van der Waals surface area contributed by atoms with Crippen molar-refractivity contribution >= 4 is 23.5 Å². The molecule has 0 fully saturated rings. The number of rotatable bonds is 6. The van der Waals surface area contributed by atoms with Crippen LogP contribution in [0.1, 0.15) is 11.3 Å². The van der Waals surface area contributed by atoms with E-state index in [1.54, 1.807) is 12.4 Å². The summed E-state index contributed by atoms with van der Waals surface area (Å²) in [6.07, 6.45) is 5.40. The van der Waals surface area contributed by atoms with E-state index in [2.05, 4.69) is 30.7 Å². The van der Waals surface area contributed by atoms with Crippen molar-refractivity contribution in [2.45, 2.75) is 13.1 Å². The van der Waals surface area contributed by atoms with Crippen LogP contribution in [0.15, 0.2) is 72.1 Å². The number of pyridine rings is 1. The summed E-state index contributed by atoms with van der Waals surface area (Å²) in [6, 6.07) is 15.0. The maximum atomic E-state index is 11.5. The Bertz CT molecular complexity index is 1190. The van der Waals surface area contributed by atoms with Gasteiger partial charge in [0.2, 0.25) is 5.95 Å². The zero-order valence-electron chi connectivity index (χ0n) is 16.6. The molecule has 0 atom stereocenters. The Morgan fingerprint density at radius 2 is 1.84 bits per heavy atom. The van der Waals surface area contributed by atoms with Crippen molar-refractivity contribution in [2.75, 3.05) is 5.32 Å². The number of nitrogens with zero attached hydrogens (tertiary/aromatic N) is 5. The molecule has 0 spiro atoms. The molecule has 1 aromatic carbocycles. The van der Waals surface area contributed by atoms with Crippen molar-refractivity contribution in [1.29, 1.82) is 0 Å². The molecule has 31 heavy (non-hydrogen) atoms. The number of benzene rings is 1. The van der Waals surface area contributed by atoms with Gasteiger partial charge in [0.05, 0.1) is 17.8 Å². The standard InChI is InChI=1S/C21H21N9O/c22-19(23)28-21(31)27-10-14-4-3-5-15(8-14)16-11-24-20(25-12-16)26-13-17-9-18-6-1-2-7-30(18)29-17/h1-9,11-12H,10,13H2,(H,24,25,26)(H5,22,23,27,28,31). The molecule has 4 rings (SSSR count). The number of carbonyl (C=O) groups excluding carboxylic acids is 1. The molecular weight excluding hydrogens is 394 g/mol. The minimum absolute atomic E-state index is 0.279. The number of anilines is 1. The Morgan fingerprint density at radius 1 is 1.00 bits per heavy atom. The summed E-state index contributed by atoms with van der Waals surface area (Å²) in [4.78, 5) is 23.7. The Morgan fingerprint density at radius 3 is 2.61 bits per heavy atom. The molecular formula is C21H21N9O. The lowest BCUT2D eigenvalue weighted by Gasteiger charge is -2.07. The van der Waals surface area contributed by atoms with Gasteiger partial charge in [-0.2, -0.15) is 10.1 Å². The zero-order valence-corrected chi connectivity index (χ0v) is 16.6. The lowest BCUT2D eigenvalue weighted by molar-refractivity contribution is 0.249. The summed E-state index contributed by atoms with van der Waals surface area (Å²) >= 11 is 0. The van der Waals surface area contributed by atoms with Gasteiger partial charge in [-0.1, -0.05) is 24.3 Å². The summed E-state index contributed by atoms with van der Waals surface area (Å²) in [5.41, 5.74) is 15.0. The van der Waals surface area contributed by atoms with E-state index in [0.29, 0.717) is 19.0 Å². The van der Waals surface area contributed by atoms with Crippen molar-refractivity contribution < 1.29 is 4.79 Å². The molecule has 156 valence electrons. The molecule has 0 unspecified atom stereocenters. The van der Waals surface area contributed by atoms with E-state index >= 15 is 0 Å².